The van der Waals surface area contributed by atoms with E-state index in [0.29, 0.717) is 24.2 Å². The Bertz CT molecular complexity index is 1360. The number of hydrogen-bond acceptors (Lipinski definition) is 3. The molecule has 0 unspecified atom stereocenters. The Hall–Kier alpha value is -4.17. The van der Waals surface area contributed by atoms with Crippen molar-refractivity contribution in [3.05, 3.63) is 95.8 Å². The molecule has 0 saturated carbocycles. The lowest BCUT2D eigenvalue weighted by atomic mass is 9.94. The zero-order valence-corrected chi connectivity index (χ0v) is 16.9. The van der Waals surface area contributed by atoms with Gasteiger partial charge in [0.15, 0.2) is 0 Å². The molecule has 0 fully saturated rings. The first-order valence-corrected chi connectivity index (χ1v) is 10.3. The molecule has 5 heteroatoms. The molecule has 1 amide bonds. The summed E-state index contributed by atoms with van der Waals surface area (Å²) in [6.45, 7) is 1.20. The van der Waals surface area contributed by atoms with Crippen LogP contribution in [0.15, 0.2) is 79.1 Å². The van der Waals surface area contributed by atoms with Gasteiger partial charge in [-0.15, -0.1) is 0 Å². The predicted octanol–water partition coefficient (Wildman–Crippen LogP) is 5.03. The highest BCUT2D eigenvalue weighted by atomic mass is 16.2. The zero-order valence-electron chi connectivity index (χ0n) is 16.9. The fourth-order valence-electron chi connectivity index (χ4n) is 4.21. The van der Waals surface area contributed by atoms with E-state index in [9.17, 15) is 10.1 Å². The molecular weight excluding hydrogens is 384 g/mol. The largest absolute Gasteiger partial charge is 0.346 e. The summed E-state index contributed by atoms with van der Waals surface area (Å²) in [6.07, 6.45) is 6.68. The first-order chi connectivity index (χ1) is 15.3. The molecule has 0 aliphatic carbocycles. The second-order valence-corrected chi connectivity index (χ2v) is 7.54. The highest BCUT2D eigenvalue weighted by molar-refractivity contribution is 6.02. The Morgan fingerprint density at radius 2 is 1.81 bits per heavy atom. The average molecular weight is 404 g/mol. The lowest BCUT2D eigenvalue weighted by molar-refractivity contribution is 0.0773. The molecule has 1 aliphatic heterocycles. The van der Waals surface area contributed by atoms with Crippen molar-refractivity contribution in [2.24, 2.45) is 0 Å². The van der Waals surface area contributed by atoms with Gasteiger partial charge in [0.25, 0.3) is 5.91 Å². The van der Waals surface area contributed by atoms with Gasteiger partial charge >= 0.3 is 0 Å². The molecule has 0 atom stereocenters. The van der Waals surface area contributed by atoms with Crippen molar-refractivity contribution in [2.75, 3.05) is 13.1 Å². The number of nitrogens with one attached hydrogen (secondary N) is 1. The van der Waals surface area contributed by atoms with Crippen LogP contribution in [0.25, 0.3) is 27.7 Å². The van der Waals surface area contributed by atoms with E-state index in [2.05, 4.69) is 28.2 Å². The lowest BCUT2D eigenvalue weighted by Gasteiger charge is -2.27. The molecule has 0 radical (unpaired) electrons. The third kappa shape index (κ3) is 3.38. The summed E-state index contributed by atoms with van der Waals surface area (Å²) < 4.78 is 0. The van der Waals surface area contributed by atoms with Crippen molar-refractivity contribution in [3.63, 3.8) is 0 Å². The molecule has 0 saturated heterocycles. The van der Waals surface area contributed by atoms with Gasteiger partial charge in [-0.3, -0.25) is 4.79 Å². The number of pyridine rings is 1. The summed E-state index contributed by atoms with van der Waals surface area (Å²) in [5, 5.41) is 10.6. The van der Waals surface area contributed by atoms with Crippen molar-refractivity contribution >= 4 is 22.5 Å². The van der Waals surface area contributed by atoms with Crippen molar-refractivity contribution < 1.29 is 4.79 Å². The maximum atomic E-state index is 13.4. The third-order valence-electron chi connectivity index (χ3n) is 5.79. The smallest absolute Gasteiger partial charge is 0.254 e. The molecule has 5 nitrogen and oxygen atoms in total. The van der Waals surface area contributed by atoms with Gasteiger partial charge in [0.2, 0.25) is 0 Å². The van der Waals surface area contributed by atoms with Crippen molar-refractivity contribution in [1.29, 1.82) is 5.26 Å². The Kier molecular flexibility index (Phi) is 4.81. The van der Waals surface area contributed by atoms with Crippen molar-refractivity contribution in [2.45, 2.75) is 6.42 Å². The molecule has 3 heterocycles. The molecule has 2 aromatic heterocycles. The molecule has 0 bridgehead atoms. The van der Waals surface area contributed by atoms with Gasteiger partial charge in [0, 0.05) is 47.6 Å². The number of carbonyl (C=O) groups excluding carboxylic acids is 1. The predicted molar refractivity (Wildman–Crippen MR) is 121 cm³/mol. The number of H-pyrrole nitrogens is 1. The Morgan fingerprint density at radius 1 is 1.00 bits per heavy atom. The van der Waals surface area contributed by atoms with Crippen LogP contribution in [0, 0.1) is 11.3 Å². The minimum absolute atomic E-state index is 0.0146. The van der Waals surface area contributed by atoms with Gasteiger partial charge < -0.3 is 9.88 Å². The van der Waals surface area contributed by atoms with E-state index in [4.69, 9.17) is 0 Å². The van der Waals surface area contributed by atoms with Crippen LogP contribution in [-0.2, 0) is 0 Å². The van der Waals surface area contributed by atoms with Crippen LogP contribution in [0.5, 0.6) is 0 Å². The van der Waals surface area contributed by atoms with E-state index in [1.165, 1.54) is 5.57 Å². The molecule has 1 aliphatic rings. The summed E-state index contributed by atoms with van der Waals surface area (Å²) in [6, 6.07) is 21.2. The van der Waals surface area contributed by atoms with Crippen LogP contribution in [0.3, 0.4) is 0 Å². The molecule has 5 rings (SSSR count). The highest BCUT2D eigenvalue weighted by Crippen LogP contribution is 2.31. The Morgan fingerprint density at radius 3 is 2.61 bits per heavy atom. The lowest BCUT2D eigenvalue weighted by Crippen LogP contribution is -2.35. The molecule has 2 aromatic carbocycles. The van der Waals surface area contributed by atoms with Crippen LogP contribution in [0.2, 0.25) is 0 Å². The fourth-order valence-corrected chi connectivity index (χ4v) is 4.21. The maximum Gasteiger partial charge on any atom is 0.254 e. The highest BCUT2D eigenvalue weighted by Gasteiger charge is 2.23. The Labute approximate surface area is 180 Å². The normalized spacial score (nSPS) is 13.6. The first kappa shape index (κ1) is 18.8. The molecule has 1 N–H and O–H groups in total. The topological polar surface area (TPSA) is 72.8 Å². The van der Waals surface area contributed by atoms with E-state index in [0.717, 1.165) is 34.1 Å². The number of fused-ring (bicyclic) bond motifs is 1. The monoisotopic (exact) mass is 404 g/mol. The number of benzene rings is 2. The molecule has 4 aromatic rings. The quantitative estimate of drug-likeness (QED) is 0.520. The number of hydrogen-bond donors (Lipinski definition) is 1. The molecule has 31 heavy (non-hydrogen) atoms. The minimum atomic E-state index is -0.0146. The van der Waals surface area contributed by atoms with Crippen molar-refractivity contribution in [1.82, 2.24) is 14.9 Å². The van der Waals surface area contributed by atoms with E-state index >= 15 is 0 Å². The van der Waals surface area contributed by atoms with E-state index in [1.54, 1.807) is 12.3 Å². The second-order valence-electron chi connectivity index (χ2n) is 7.54. The number of nitrogens with zero attached hydrogens (tertiary/aromatic N) is 3. The number of rotatable bonds is 3. The number of aromatic nitrogens is 2. The van der Waals surface area contributed by atoms with Crippen LogP contribution in [0.1, 0.15) is 27.9 Å². The van der Waals surface area contributed by atoms with Crippen LogP contribution in [0.4, 0.5) is 0 Å². The van der Waals surface area contributed by atoms with Crippen LogP contribution < -0.4 is 0 Å². The SMILES string of the molecule is N#Cc1ccccc1-c1ccccc1C(=O)N1CC=C(c2c[nH]c3ncccc23)CC1. The third-order valence-corrected chi connectivity index (χ3v) is 5.79. The van der Waals surface area contributed by atoms with E-state index in [1.807, 2.05) is 59.6 Å². The van der Waals surface area contributed by atoms with Gasteiger partial charge in [-0.2, -0.15) is 5.26 Å². The average Bonchev–Trinajstić information content (AvgIpc) is 3.28. The maximum absolute atomic E-state index is 13.4. The summed E-state index contributed by atoms with van der Waals surface area (Å²) in [5.41, 5.74) is 6.03. The van der Waals surface area contributed by atoms with E-state index in [-0.39, 0.29) is 5.91 Å². The number of aromatic amines is 1. The van der Waals surface area contributed by atoms with Crippen LogP contribution in [-0.4, -0.2) is 33.9 Å². The standard InChI is InChI=1S/C26H20N4O/c27-16-19-6-1-2-7-20(19)21-8-3-4-9-23(21)26(31)30-14-11-18(12-15-30)24-17-29-25-22(24)10-5-13-28-25/h1-11,13,17H,12,14-15H2,(H,28,29). The first-order valence-electron chi connectivity index (χ1n) is 10.3. The molecule has 0 spiro atoms. The van der Waals surface area contributed by atoms with Gasteiger partial charge in [-0.05, 0) is 41.8 Å². The number of carbonyl (C=O) groups is 1. The zero-order chi connectivity index (χ0) is 21.2. The van der Waals surface area contributed by atoms with Gasteiger partial charge in [0.1, 0.15) is 5.65 Å². The minimum Gasteiger partial charge on any atom is -0.346 e. The summed E-state index contributed by atoms with van der Waals surface area (Å²) in [7, 11) is 0. The summed E-state index contributed by atoms with van der Waals surface area (Å²) >= 11 is 0. The second kappa shape index (κ2) is 7.92. The summed E-state index contributed by atoms with van der Waals surface area (Å²) in [5.74, 6) is -0.0146. The van der Waals surface area contributed by atoms with Gasteiger partial charge in [-0.25, -0.2) is 4.98 Å². The fraction of sp³-hybridized carbons (Fsp3) is 0.115. The number of nitriles is 1. The molecular formula is C26H20N4O. The number of amides is 1. The Balaban J connectivity index is 1.44. The van der Waals surface area contributed by atoms with Crippen molar-refractivity contribution in [3.8, 4) is 17.2 Å². The van der Waals surface area contributed by atoms with Gasteiger partial charge in [0.05, 0.1) is 11.6 Å². The van der Waals surface area contributed by atoms with E-state index < -0.39 is 0 Å². The molecule has 150 valence electrons. The van der Waals surface area contributed by atoms with Crippen LogP contribution >= 0.6 is 0 Å². The summed E-state index contributed by atoms with van der Waals surface area (Å²) in [4.78, 5) is 22.8. The van der Waals surface area contributed by atoms with Gasteiger partial charge in [-0.1, -0.05) is 42.5 Å².